The maximum absolute atomic E-state index is 13.0. The molecule has 0 bridgehead atoms. The summed E-state index contributed by atoms with van der Waals surface area (Å²) in [4.78, 5) is 13.0. The Kier molecular flexibility index (Phi) is 5.17. The van der Waals surface area contributed by atoms with Gasteiger partial charge in [-0.2, -0.15) is 0 Å². The van der Waals surface area contributed by atoms with Crippen LogP contribution in [0.3, 0.4) is 0 Å². The Labute approximate surface area is 168 Å². The first kappa shape index (κ1) is 18.7. The lowest BCUT2D eigenvalue weighted by Crippen LogP contribution is -2.25. The molecule has 0 spiro atoms. The largest absolute Gasteiger partial charge is 0.294 e. The van der Waals surface area contributed by atoms with Gasteiger partial charge in [0, 0.05) is 17.4 Å². The number of fused-ring (bicyclic) bond motifs is 3. The van der Waals surface area contributed by atoms with E-state index in [2.05, 4.69) is 50.2 Å². The molecule has 0 fully saturated rings. The minimum Gasteiger partial charge on any atom is -0.294 e. The number of carbonyl (C=O) groups is 1. The zero-order valence-corrected chi connectivity index (χ0v) is 16.9. The topological polar surface area (TPSA) is 17.1 Å². The smallest absolute Gasteiger partial charge is 0.167 e. The number of rotatable bonds is 7. The molecule has 1 heteroatoms. The van der Waals surface area contributed by atoms with Gasteiger partial charge in [-0.3, -0.25) is 4.79 Å². The summed E-state index contributed by atoms with van der Waals surface area (Å²) in [6, 6.07) is 25.3. The molecule has 1 nitrogen and oxygen atoms in total. The van der Waals surface area contributed by atoms with Crippen molar-refractivity contribution in [1.29, 1.82) is 0 Å². The molecule has 0 aromatic heterocycles. The molecule has 0 radical (unpaired) electrons. The second-order valence-corrected chi connectivity index (χ2v) is 7.97. The van der Waals surface area contributed by atoms with Gasteiger partial charge in [0.15, 0.2) is 5.78 Å². The maximum atomic E-state index is 13.0. The van der Waals surface area contributed by atoms with Crippen LogP contribution in [0.5, 0.6) is 0 Å². The second-order valence-electron chi connectivity index (χ2n) is 7.97. The van der Waals surface area contributed by atoms with Crippen molar-refractivity contribution >= 4 is 5.78 Å². The molecule has 0 aliphatic heterocycles. The van der Waals surface area contributed by atoms with E-state index in [1.165, 1.54) is 22.3 Å². The van der Waals surface area contributed by atoms with Gasteiger partial charge in [0.25, 0.3) is 0 Å². The number of ketones is 1. The van der Waals surface area contributed by atoms with Crippen LogP contribution >= 0.6 is 0 Å². The minimum absolute atomic E-state index is 0.0401. The van der Waals surface area contributed by atoms with Gasteiger partial charge in [0.1, 0.15) is 0 Å². The highest BCUT2D eigenvalue weighted by Gasteiger charge is 2.41. The Morgan fingerprint density at radius 3 is 2.11 bits per heavy atom. The van der Waals surface area contributed by atoms with Crippen molar-refractivity contribution in [3.8, 4) is 11.1 Å². The standard InChI is InChI=1S/C27H28O/c1-3-16-27(17-4-2)24-13-9-8-12-22(24)23-15-14-21(19-25(23)27)26(28)18-20-10-6-5-7-11-20/h5-15,19H,3-4,16-18H2,1-2H3. The molecule has 28 heavy (non-hydrogen) atoms. The van der Waals surface area contributed by atoms with Gasteiger partial charge in [-0.25, -0.2) is 0 Å². The molecular formula is C27H28O. The van der Waals surface area contributed by atoms with Crippen molar-refractivity contribution in [2.75, 3.05) is 0 Å². The van der Waals surface area contributed by atoms with Gasteiger partial charge in [-0.1, -0.05) is 93.4 Å². The Morgan fingerprint density at radius 1 is 0.750 bits per heavy atom. The fourth-order valence-corrected chi connectivity index (χ4v) is 5.03. The Bertz CT molecular complexity index is 978. The summed E-state index contributed by atoms with van der Waals surface area (Å²) < 4.78 is 0. The third-order valence-electron chi connectivity index (χ3n) is 6.15. The van der Waals surface area contributed by atoms with Crippen LogP contribution in [-0.2, 0) is 11.8 Å². The lowest BCUT2D eigenvalue weighted by molar-refractivity contribution is 0.0993. The van der Waals surface area contributed by atoms with Crippen molar-refractivity contribution in [1.82, 2.24) is 0 Å². The van der Waals surface area contributed by atoms with E-state index in [4.69, 9.17) is 0 Å². The van der Waals surface area contributed by atoms with E-state index in [1.807, 2.05) is 36.4 Å². The van der Waals surface area contributed by atoms with Crippen LogP contribution in [-0.4, -0.2) is 5.78 Å². The molecule has 1 aliphatic carbocycles. The summed E-state index contributed by atoms with van der Waals surface area (Å²) in [5.74, 6) is 0.201. The van der Waals surface area contributed by atoms with Gasteiger partial charge in [0.2, 0.25) is 0 Å². The van der Waals surface area contributed by atoms with E-state index in [1.54, 1.807) is 0 Å². The monoisotopic (exact) mass is 368 g/mol. The van der Waals surface area contributed by atoms with Gasteiger partial charge >= 0.3 is 0 Å². The number of benzene rings is 3. The van der Waals surface area contributed by atoms with Crippen LogP contribution in [0.2, 0.25) is 0 Å². The fraction of sp³-hybridized carbons (Fsp3) is 0.296. The maximum Gasteiger partial charge on any atom is 0.167 e. The number of carbonyl (C=O) groups excluding carboxylic acids is 1. The highest BCUT2D eigenvalue weighted by molar-refractivity contribution is 5.99. The van der Waals surface area contributed by atoms with Gasteiger partial charge in [-0.05, 0) is 46.7 Å². The van der Waals surface area contributed by atoms with E-state index in [0.717, 1.165) is 36.8 Å². The molecule has 0 unspecified atom stereocenters. The molecule has 0 amide bonds. The van der Waals surface area contributed by atoms with Crippen molar-refractivity contribution < 1.29 is 4.79 Å². The molecule has 3 aromatic carbocycles. The summed E-state index contributed by atoms with van der Waals surface area (Å²) in [6.45, 7) is 4.53. The summed E-state index contributed by atoms with van der Waals surface area (Å²) in [5.41, 5.74) is 7.42. The van der Waals surface area contributed by atoms with E-state index >= 15 is 0 Å². The van der Waals surface area contributed by atoms with Crippen molar-refractivity contribution in [3.63, 3.8) is 0 Å². The first-order chi connectivity index (χ1) is 13.7. The SMILES string of the molecule is CCCC1(CCC)c2ccccc2-c2ccc(C(=O)Cc3ccccc3)cc21. The van der Waals surface area contributed by atoms with Gasteiger partial charge < -0.3 is 0 Å². The molecule has 3 aromatic rings. The van der Waals surface area contributed by atoms with E-state index < -0.39 is 0 Å². The summed E-state index contributed by atoms with van der Waals surface area (Å²) >= 11 is 0. The van der Waals surface area contributed by atoms with Crippen LogP contribution in [0.4, 0.5) is 0 Å². The van der Waals surface area contributed by atoms with E-state index in [9.17, 15) is 4.79 Å². The molecular weight excluding hydrogens is 340 g/mol. The summed E-state index contributed by atoms with van der Waals surface area (Å²) in [7, 11) is 0. The number of hydrogen-bond acceptors (Lipinski definition) is 1. The molecule has 142 valence electrons. The van der Waals surface area contributed by atoms with Crippen molar-refractivity contribution in [2.24, 2.45) is 0 Å². The Balaban J connectivity index is 1.79. The van der Waals surface area contributed by atoms with Crippen LogP contribution in [0, 0.1) is 0 Å². The third kappa shape index (κ3) is 3.09. The summed E-state index contributed by atoms with van der Waals surface area (Å²) in [6.07, 6.45) is 4.98. The molecule has 0 N–H and O–H groups in total. The Hall–Kier alpha value is -2.67. The molecule has 0 saturated carbocycles. The van der Waals surface area contributed by atoms with Gasteiger partial charge in [0.05, 0.1) is 0 Å². The molecule has 4 rings (SSSR count). The lowest BCUT2D eigenvalue weighted by atomic mass is 9.71. The van der Waals surface area contributed by atoms with Crippen LogP contribution in [0.25, 0.3) is 11.1 Å². The predicted octanol–water partition coefficient (Wildman–Crippen LogP) is 6.98. The minimum atomic E-state index is 0.0401. The van der Waals surface area contributed by atoms with Crippen LogP contribution in [0.15, 0.2) is 72.8 Å². The lowest BCUT2D eigenvalue weighted by Gasteiger charge is -2.32. The second kappa shape index (κ2) is 7.75. The van der Waals surface area contributed by atoms with Crippen LogP contribution in [0.1, 0.15) is 66.6 Å². The predicted molar refractivity (Wildman–Crippen MR) is 117 cm³/mol. The van der Waals surface area contributed by atoms with E-state index in [-0.39, 0.29) is 11.2 Å². The first-order valence-electron chi connectivity index (χ1n) is 10.5. The molecule has 0 atom stereocenters. The molecule has 0 saturated heterocycles. The highest BCUT2D eigenvalue weighted by Crippen LogP contribution is 2.53. The van der Waals surface area contributed by atoms with Crippen molar-refractivity contribution in [2.45, 2.75) is 51.4 Å². The molecule has 1 aliphatic rings. The third-order valence-corrected chi connectivity index (χ3v) is 6.15. The average molecular weight is 369 g/mol. The average Bonchev–Trinajstić information content (AvgIpc) is 2.99. The number of Topliss-reactive ketones (excluding diaryl/α,β-unsaturated/α-hetero) is 1. The first-order valence-corrected chi connectivity index (χ1v) is 10.5. The van der Waals surface area contributed by atoms with E-state index in [0.29, 0.717) is 6.42 Å². The van der Waals surface area contributed by atoms with Crippen molar-refractivity contribution in [3.05, 3.63) is 95.1 Å². The number of hydrogen-bond donors (Lipinski definition) is 0. The molecule has 0 heterocycles. The zero-order chi connectivity index (χ0) is 19.6. The normalized spacial score (nSPS) is 13.8. The Morgan fingerprint density at radius 2 is 1.39 bits per heavy atom. The zero-order valence-electron chi connectivity index (χ0n) is 16.9. The summed E-state index contributed by atoms with van der Waals surface area (Å²) in [5, 5.41) is 0. The van der Waals surface area contributed by atoms with Crippen LogP contribution < -0.4 is 0 Å². The fourth-order valence-electron chi connectivity index (χ4n) is 5.03. The highest BCUT2D eigenvalue weighted by atomic mass is 16.1. The van der Waals surface area contributed by atoms with Gasteiger partial charge in [-0.15, -0.1) is 0 Å². The quantitative estimate of drug-likeness (QED) is 0.411.